The monoisotopic (exact) mass is 408 g/mol. The van der Waals surface area contributed by atoms with Crippen LogP contribution in [0.2, 0.25) is 0 Å². The van der Waals surface area contributed by atoms with Gasteiger partial charge in [0.05, 0.1) is 10.9 Å². The molecule has 2 aromatic rings. The highest BCUT2D eigenvalue weighted by Gasteiger charge is 2.36. The Hall–Kier alpha value is -1.21. The first-order valence-corrected chi connectivity index (χ1v) is 10.1. The minimum atomic E-state index is -3.56. The summed E-state index contributed by atoms with van der Waals surface area (Å²) in [5, 5.41) is 0. The van der Waals surface area contributed by atoms with Gasteiger partial charge in [0, 0.05) is 24.1 Å². The van der Waals surface area contributed by atoms with Gasteiger partial charge in [-0.05, 0) is 37.2 Å². The number of sulfonamides is 1. The molecule has 0 aromatic heterocycles. The van der Waals surface area contributed by atoms with Crippen LogP contribution in [0.1, 0.15) is 17.2 Å². The van der Waals surface area contributed by atoms with E-state index in [2.05, 4.69) is 20.8 Å². The first-order valence-electron chi connectivity index (χ1n) is 7.91. The Kier molecular flexibility index (Phi) is 5.11. The van der Waals surface area contributed by atoms with Crippen LogP contribution in [0.15, 0.2) is 57.9 Å². The van der Waals surface area contributed by atoms with Crippen molar-refractivity contribution in [3.8, 4) is 0 Å². The largest absolute Gasteiger partial charge is 0.303 e. The second-order valence-corrected chi connectivity index (χ2v) is 8.99. The molecule has 1 fully saturated rings. The van der Waals surface area contributed by atoms with Crippen LogP contribution >= 0.6 is 15.9 Å². The zero-order chi connectivity index (χ0) is 17.3. The molecule has 0 saturated carbocycles. The van der Waals surface area contributed by atoms with Gasteiger partial charge in [-0.3, -0.25) is 0 Å². The van der Waals surface area contributed by atoms with E-state index in [1.807, 2.05) is 56.4 Å². The summed E-state index contributed by atoms with van der Waals surface area (Å²) in [6.07, 6.45) is 0. The number of aryl methyl sites for hydroxylation is 1. The normalized spacial score (nSPS) is 20.2. The number of halogens is 1. The van der Waals surface area contributed by atoms with E-state index >= 15 is 0 Å². The Bertz CT molecular complexity index is 824. The third kappa shape index (κ3) is 3.42. The molecule has 0 spiro atoms. The van der Waals surface area contributed by atoms with Gasteiger partial charge in [0.2, 0.25) is 10.0 Å². The predicted octanol–water partition coefficient (Wildman–Crippen LogP) is 3.43. The zero-order valence-electron chi connectivity index (χ0n) is 13.8. The molecule has 0 unspecified atom stereocenters. The highest BCUT2D eigenvalue weighted by molar-refractivity contribution is 9.10. The van der Waals surface area contributed by atoms with Crippen LogP contribution in [0.4, 0.5) is 0 Å². The summed E-state index contributed by atoms with van der Waals surface area (Å²) in [7, 11) is -1.53. The lowest BCUT2D eigenvalue weighted by atomic mass is 10.1. The lowest BCUT2D eigenvalue weighted by Gasteiger charge is -2.39. The van der Waals surface area contributed by atoms with Gasteiger partial charge < -0.3 is 4.90 Å². The van der Waals surface area contributed by atoms with Gasteiger partial charge in [-0.1, -0.05) is 52.3 Å². The second kappa shape index (κ2) is 6.96. The Balaban J connectivity index is 2.05. The average molecular weight is 409 g/mol. The molecule has 0 aliphatic carbocycles. The summed E-state index contributed by atoms with van der Waals surface area (Å²) in [6.45, 7) is 3.75. The van der Waals surface area contributed by atoms with Gasteiger partial charge >= 0.3 is 0 Å². The van der Waals surface area contributed by atoms with E-state index in [9.17, 15) is 8.42 Å². The van der Waals surface area contributed by atoms with E-state index < -0.39 is 10.0 Å². The molecule has 3 rings (SSSR count). The number of hydrogen-bond donors (Lipinski definition) is 0. The van der Waals surface area contributed by atoms with E-state index in [1.165, 1.54) is 0 Å². The molecule has 6 heteroatoms. The van der Waals surface area contributed by atoms with Gasteiger partial charge in [0.25, 0.3) is 0 Å². The summed E-state index contributed by atoms with van der Waals surface area (Å²) in [5.41, 5.74) is 1.80. The molecule has 0 N–H and O–H groups in total. The summed E-state index contributed by atoms with van der Waals surface area (Å²) in [6, 6.07) is 15.1. The van der Waals surface area contributed by atoms with Gasteiger partial charge in [-0.25, -0.2) is 8.42 Å². The maximum absolute atomic E-state index is 13.3. The summed E-state index contributed by atoms with van der Waals surface area (Å²) in [4.78, 5) is 2.56. The molecule has 0 bridgehead atoms. The first kappa shape index (κ1) is 17.6. The van der Waals surface area contributed by atoms with Crippen LogP contribution in [0.25, 0.3) is 0 Å². The van der Waals surface area contributed by atoms with Crippen molar-refractivity contribution < 1.29 is 8.42 Å². The van der Waals surface area contributed by atoms with E-state index in [-0.39, 0.29) is 6.04 Å². The standard InChI is InChI=1S/C18H21BrN2O2S/c1-14-8-9-16(19)12-18(14)24(22,23)21-11-10-20(2)13-17(21)15-6-4-3-5-7-15/h3-9,12,17H,10-11,13H2,1-2H3/t17-/m1/s1. The van der Waals surface area contributed by atoms with Crippen molar-refractivity contribution in [3.05, 3.63) is 64.1 Å². The van der Waals surface area contributed by atoms with Crippen molar-refractivity contribution in [1.29, 1.82) is 0 Å². The highest BCUT2D eigenvalue weighted by Crippen LogP contribution is 2.32. The zero-order valence-corrected chi connectivity index (χ0v) is 16.2. The molecule has 1 heterocycles. The highest BCUT2D eigenvalue weighted by atomic mass is 79.9. The van der Waals surface area contributed by atoms with Crippen LogP contribution in [0.3, 0.4) is 0 Å². The van der Waals surface area contributed by atoms with Crippen molar-refractivity contribution in [2.75, 3.05) is 26.7 Å². The topological polar surface area (TPSA) is 40.6 Å². The third-order valence-corrected chi connectivity index (χ3v) is 7.00. The van der Waals surface area contributed by atoms with Gasteiger partial charge in [0.15, 0.2) is 0 Å². The van der Waals surface area contributed by atoms with Gasteiger partial charge in [0.1, 0.15) is 0 Å². The molecule has 128 valence electrons. The molecular weight excluding hydrogens is 388 g/mol. The molecule has 1 aliphatic rings. The van der Waals surface area contributed by atoms with Crippen molar-refractivity contribution in [2.24, 2.45) is 0 Å². The maximum atomic E-state index is 13.3. The number of hydrogen-bond acceptors (Lipinski definition) is 3. The lowest BCUT2D eigenvalue weighted by molar-refractivity contribution is 0.160. The van der Waals surface area contributed by atoms with E-state index in [1.54, 1.807) is 10.4 Å². The van der Waals surface area contributed by atoms with Crippen LogP contribution < -0.4 is 0 Å². The van der Waals surface area contributed by atoms with Gasteiger partial charge in [-0.2, -0.15) is 4.31 Å². The number of benzene rings is 2. The Morgan fingerprint density at radius 1 is 1.08 bits per heavy atom. The molecule has 24 heavy (non-hydrogen) atoms. The molecule has 4 nitrogen and oxygen atoms in total. The molecule has 1 atom stereocenters. The van der Waals surface area contributed by atoms with Crippen molar-refractivity contribution in [3.63, 3.8) is 0 Å². The van der Waals surface area contributed by atoms with Crippen LogP contribution in [-0.2, 0) is 10.0 Å². The average Bonchev–Trinajstić information content (AvgIpc) is 2.57. The Morgan fingerprint density at radius 2 is 1.79 bits per heavy atom. The second-order valence-electron chi connectivity index (χ2n) is 6.21. The van der Waals surface area contributed by atoms with E-state index in [4.69, 9.17) is 0 Å². The van der Waals surface area contributed by atoms with Crippen molar-refractivity contribution >= 4 is 26.0 Å². The number of rotatable bonds is 3. The fraction of sp³-hybridized carbons (Fsp3) is 0.333. The SMILES string of the molecule is Cc1ccc(Br)cc1S(=O)(=O)N1CCN(C)C[C@@H]1c1ccccc1. The number of piperazine rings is 1. The van der Waals surface area contributed by atoms with Crippen LogP contribution in [0, 0.1) is 6.92 Å². The summed E-state index contributed by atoms with van der Waals surface area (Å²) >= 11 is 3.39. The third-order valence-electron chi connectivity index (χ3n) is 4.46. The van der Waals surface area contributed by atoms with Crippen LogP contribution in [0.5, 0.6) is 0 Å². The molecule has 2 aromatic carbocycles. The fourth-order valence-electron chi connectivity index (χ4n) is 3.12. The lowest BCUT2D eigenvalue weighted by Crippen LogP contribution is -2.49. The van der Waals surface area contributed by atoms with Crippen molar-refractivity contribution in [1.82, 2.24) is 9.21 Å². The Labute approximate surface area is 152 Å². The fourth-order valence-corrected chi connectivity index (χ4v) is 5.48. The van der Waals surface area contributed by atoms with E-state index in [0.717, 1.165) is 22.1 Å². The quantitative estimate of drug-likeness (QED) is 0.780. The summed E-state index contributed by atoms with van der Waals surface area (Å²) in [5.74, 6) is 0. The predicted molar refractivity (Wildman–Crippen MR) is 99.5 cm³/mol. The minimum Gasteiger partial charge on any atom is -0.303 e. The van der Waals surface area contributed by atoms with Crippen molar-refractivity contribution in [2.45, 2.75) is 17.9 Å². The maximum Gasteiger partial charge on any atom is 0.244 e. The molecular formula is C18H21BrN2O2S. The van der Waals surface area contributed by atoms with E-state index in [0.29, 0.717) is 18.0 Å². The number of likely N-dealkylation sites (N-methyl/N-ethyl adjacent to an activating group) is 1. The first-order chi connectivity index (χ1) is 11.4. The molecule has 1 saturated heterocycles. The van der Waals surface area contributed by atoms with Crippen LogP contribution in [-0.4, -0.2) is 44.3 Å². The smallest absolute Gasteiger partial charge is 0.244 e. The molecule has 1 aliphatic heterocycles. The summed E-state index contributed by atoms with van der Waals surface area (Å²) < 4.78 is 29.1. The molecule has 0 radical (unpaired) electrons. The number of nitrogens with zero attached hydrogens (tertiary/aromatic N) is 2. The van der Waals surface area contributed by atoms with Gasteiger partial charge in [-0.15, -0.1) is 0 Å². The molecule has 0 amide bonds. The Morgan fingerprint density at radius 3 is 2.50 bits per heavy atom. The minimum absolute atomic E-state index is 0.173.